The zero-order chi connectivity index (χ0) is 31.4. The van der Waals surface area contributed by atoms with E-state index in [0.717, 1.165) is 21.6 Å². The van der Waals surface area contributed by atoms with E-state index < -0.39 is 11.8 Å². The summed E-state index contributed by atoms with van der Waals surface area (Å²) in [5.74, 6) is -0.0566. The molecule has 0 bridgehead atoms. The molecule has 0 heterocycles. The molecule has 0 saturated carbocycles. The Kier molecular flexibility index (Phi) is 10.4. The van der Waals surface area contributed by atoms with E-state index in [0.29, 0.717) is 22.7 Å². The molecule has 45 heavy (non-hydrogen) atoms. The summed E-state index contributed by atoms with van der Waals surface area (Å²) in [7, 11) is 1.59. The van der Waals surface area contributed by atoms with Gasteiger partial charge < -0.3 is 20.7 Å². The van der Waals surface area contributed by atoms with Crippen LogP contribution in [0.25, 0.3) is 17.2 Å². The van der Waals surface area contributed by atoms with Gasteiger partial charge in [0, 0.05) is 21.8 Å². The van der Waals surface area contributed by atoms with Crippen molar-refractivity contribution in [2.24, 2.45) is 0 Å². The first-order chi connectivity index (χ1) is 22.0. The molecule has 0 aliphatic carbocycles. The Morgan fingerprint density at radius 1 is 0.667 bits per heavy atom. The Balaban J connectivity index is 1.24. The van der Waals surface area contributed by atoms with Gasteiger partial charge in [0.2, 0.25) is 5.91 Å². The molecule has 0 aliphatic rings. The number of amides is 3. The lowest BCUT2D eigenvalue weighted by molar-refractivity contribution is -0.114. The summed E-state index contributed by atoms with van der Waals surface area (Å²) < 4.78 is 5.14. The third-order valence-corrected chi connectivity index (χ3v) is 7.73. The lowest BCUT2D eigenvalue weighted by Gasteiger charge is -2.12. The smallest absolute Gasteiger partial charge is 0.272 e. The molecule has 0 unspecified atom stereocenters. The van der Waals surface area contributed by atoms with Gasteiger partial charge in [-0.15, -0.1) is 11.8 Å². The molecule has 5 aromatic carbocycles. The molecule has 5 rings (SSSR count). The van der Waals surface area contributed by atoms with Gasteiger partial charge in [0.15, 0.2) is 0 Å². The Morgan fingerprint density at radius 3 is 1.89 bits per heavy atom. The molecule has 7 nitrogen and oxygen atoms in total. The highest BCUT2D eigenvalue weighted by atomic mass is 32.2. The monoisotopic (exact) mass is 613 g/mol. The van der Waals surface area contributed by atoms with Crippen molar-refractivity contribution in [2.75, 3.05) is 23.5 Å². The van der Waals surface area contributed by atoms with Crippen LogP contribution in [-0.4, -0.2) is 30.6 Å². The molecule has 3 N–H and O–H groups in total. The molecule has 0 atom stereocenters. The van der Waals surface area contributed by atoms with Crippen molar-refractivity contribution in [3.63, 3.8) is 0 Å². The molecule has 3 amide bonds. The van der Waals surface area contributed by atoms with Gasteiger partial charge in [-0.25, -0.2) is 0 Å². The number of ether oxygens (including phenoxy) is 1. The van der Waals surface area contributed by atoms with Crippen LogP contribution in [0, 0.1) is 0 Å². The van der Waals surface area contributed by atoms with Crippen LogP contribution in [0.2, 0.25) is 0 Å². The van der Waals surface area contributed by atoms with Gasteiger partial charge in [-0.1, -0.05) is 72.8 Å². The number of thioether (sulfide) groups is 1. The number of benzene rings is 5. The fraction of sp³-hybridized carbons (Fsp3) is 0.0541. The molecule has 5 aromatic rings. The first-order valence-electron chi connectivity index (χ1n) is 14.2. The standard InChI is InChI=1S/C37H31N3O4S/c1-44-32-20-16-30(17-21-32)38-35(41)25-45-33-22-18-31(19-23-33)39-37(43)34(40-36(42)29-10-6-3-7-11-29)24-26-12-14-28(15-13-26)27-8-4-2-5-9-27/h2-24H,25H2,1H3,(H,38,41)(H,39,43)(H,40,42)/b34-24-. The van der Waals surface area contributed by atoms with E-state index in [9.17, 15) is 14.4 Å². The number of carbonyl (C=O) groups excluding carboxylic acids is 3. The van der Waals surface area contributed by atoms with Crippen molar-refractivity contribution in [1.82, 2.24) is 5.32 Å². The molecule has 0 aliphatic heterocycles. The fourth-order valence-corrected chi connectivity index (χ4v) is 5.06. The minimum Gasteiger partial charge on any atom is -0.497 e. The maximum atomic E-state index is 13.4. The predicted octanol–water partition coefficient (Wildman–Crippen LogP) is 7.50. The molecule has 224 valence electrons. The third-order valence-electron chi connectivity index (χ3n) is 6.71. The lowest BCUT2D eigenvalue weighted by Crippen LogP contribution is -2.30. The van der Waals surface area contributed by atoms with E-state index in [1.54, 1.807) is 73.8 Å². The van der Waals surface area contributed by atoms with Crippen molar-refractivity contribution in [2.45, 2.75) is 4.90 Å². The number of methoxy groups -OCH3 is 1. The second-order valence-electron chi connectivity index (χ2n) is 9.91. The van der Waals surface area contributed by atoms with Crippen LogP contribution in [-0.2, 0) is 9.59 Å². The Morgan fingerprint density at radius 2 is 1.24 bits per heavy atom. The molecule has 0 aromatic heterocycles. The van der Waals surface area contributed by atoms with Crippen LogP contribution in [0.1, 0.15) is 15.9 Å². The van der Waals surface area contributed by atoms with Crippen LogP contribution in [0.5, 0.6) is 5.75 Å². The lowest BCUT2D eigenvalue weighted by atomic mass is 10.0. The van der Waals surface area contributed by atoms with Crippen molar-refractivity contribution in [3.8, 4) is 16.9 Å². The number of carbonyl (C=O) groups is 3. The minimum atomic E-state index is -0.467. The highest BCUT2D eigenvalue weighted by Crippen LogP contribution is 2.23. The zero-order valence-electron chi connectivity index (χ0n) is 24.5. The maximum Gasteiger partial charge on any atom is 0.272 e. The molecule has 0 spiro atoms. The molecular formula is C37H31N3O4S. The van der Waals surface area contributed by atoms with Gasteiger partial charge in [0.1, 0.15) is 11.4 Å². The highest BCUT2D eigenvalue weighted by molar-refractivity contribution is 8.00. The van der Waals surface area contributed by atoms with E-state index in [2.05, 4.69) is 16.0 Å². The van der Waals surface area contributed by atoms with Crippen LogP contribution in [0.15, 0.2) is 144 Å². The number of nitrogens with one attached hydrogen (secondary N) is 3. The average molecular weight is 614 g/mol. The third kappa shape index (κ3) is 8.95. The highest BCUT2D eigenvalue weighted by Gasteiger charge is 2.15. The van der Waals surface area contributed by atoms with Crippen molar-refractivity contribution in [1.29, 1.82) is 0 Å². The van der Waals surface area contributed by atoms with E-state index in [4.69, 9.17) is 4.74 Å². The van der Waals surface area contributed by atoms with E-state index >= 15 is 0 Å². The number of rotatable bonds is 11. The Bertz CT molecular complexity index is 1770. The topological polar surface area (TPSA) is 96.5 Å². The van der Waals surface area contributed by atoms with Gasteiger partial charge >= 0.3 is 0 Å². The Labute approximate surface area is 266 Å². The van der Waals surface area contributed by atoms with Gasteiger partial charge in [-0.3, -0.25) is 14.4 Å². The van der Waals surface area contributed by atoms with Crippen molar-refractivity contribution >= 4 is 46.9 Å². The van der Waals surface area contributed by atoms with Crippen LogP contribution in [0.4, 0.5) is 11.4 Å². The van der Waals surface area contributed by atoms with Crippen LogP contribution >= 0.6 is 11.8 Å². The summed E-state index contributed by atoms with van der Waals surface area (Å²) in [5.41, 5.74) is 4.66. The minimum absolute atomic E-state index is 0.102. The van der Waals surface area contributed by atoms with E-state index in [1.165, 1.54) is 11.8 Å². The Hall–Kier alpha value is -5.60. The second kappa shape index (κ2) is 15.2. The van der Waals surface area contributed by atoms with E-state index in [1.807, 2.05) is 72.8 Å². The van der Waals surface area contributed by atoms with Gasteiger partial charge in [0.25, 0.3) is 11.8 Å². The summed E-state index contributed by atoms with van der Waals surface area (Å²) in [4.78, 5) is 39.7. The van der Waals surface area contributed by atoms with Gasteiger partial charge in [-0.05, 0) is 83.4 Å². The summed E-state index contributed by atoms with van der Waals surface area (Å²) in [6.07, 6.45) is 1.65. The van der Waals surface area contributed by atoms with Crippen molar-refractivity contribution < 1.29 is 19.1 Å². The molecule has 0 fully saturated rings. The van der Waals surface area contributed by atoms with Crippen molar-refractivity contribution in [3.05, 3.63) is 150 Å². The molecular weight excluding hydrogens is 582 g/mol. The number of hydrogen-bond donors (Lipinski definition) is 3. The number of anilines is 2. The first kappa shape index (κ1) is 30.8. The summed E-state index contributed by atoms with van der Waals surface area (Å²) in [6, 6.07) is 40.8. The largest absolute Gasteiger partial charge is 0.497 e. The molecule has 0 saturated heterocycles. The summed E-state index contributed by atoms with van der Waals surface area (Å²) in [6.45, 7) is 0. The average Bonchev–Trinajstić information content (AvgIpc) is 3.09. The first-order valence-corrected chi connectivity index (χ1v) is 15.2. The van der Waals surface area contributed by atoms with Gasteiger partial charge in [-0.2, -0.15) is 0 Å². The summed E-state index contributed by atoms with van der Waals surface area (Å²) in [5, 5.41) is 8.50. The van der Waals surface area contributed by atoms with E-state index in [-0.39, 0.29) is 17.4 Å². The number of hydrogen-bond acceptors (Lipinski definition) is 5. The quantitative estimate of drug-likeness (QED) is 0.106. The molecule has 8 heteroatoms. The maximum absolute atomic E-state index is 13.4. The predicted molar refractivity (Wildman–Crippen MR) is 181 cm³/mol. The van der Waals surface area contributed by atoms with Crippen LogP contribution in [0.3, 0.4) is 0 Å². The van der Waals surface area contributed by atoms with Gasteiger partial charge in [0.05, 0.1) is 12.9 Å². The fourth-order valence-electron chi connectivity index (χ4n) is 4.36. The normalized spacial score (nSPS) is 10.9. The molecule has 0 radical (unpaired) electrons. The summed E-state index contributed by atoms with van der Waals surface area (Å²) >= 11 is 1.38. The second-order valence-corrected chi connectivity index (χ2v) is 11.0. The van der Waals surface area contributed by atoms with Crippen LogP contribution < -0.4 is 20.7 Å². The zero-order valence-corrected chi connectivity index (χ0v) is 25.3. The SMILES string of the molecule is COc1ccc(NC(=O)CSc2ccc(NC(=O)/C(=C/c3ccc(-c4ccccc4)cc3)NC(=O)c3ccccc3)cc2)cc1.